The number of ketones is 1. The highest BCUT2D eigenvalue weighted by atomic mass is 32.1. The standard InChI is InChI=1S/C5H12.C4H10.C3H6O.C3H6S/c1-5(2,3)4;1-4(2)3;2*1-3(2)4/h1-4H3;4H,1-3H3;2*1-2H3. The van der Waals surface area contributed by atoms with Gasteiger partial charge in [0.25, 0.3) is 0 Å². The Bertz CT molecular complexity index is 147. The third-order valence-corrected chi connectivity index (χ3v) is 0. The van der Waals surface area contributed by atoms with E-state index in [0.29, 0.717) is 5.41 Å². The molecule has 0 aromatic heterocycles. The van der Waals surface area contributed by atoms with Crippen LogP contribution in [0.2, 0.25) is 0 Å². The van der Waals surface area contributed by atoms with Crippen molar-refractivity contribution in [3.63, 3.8) is 0 Å². The Hall–Kier alpha value is -0.240. The fraction of sp³-hybridized carbons (Fsp3) is 0.867. The van der Waals surface area contributed by atoms with Crippen LogP contribution in [-0.4, -0.2) is 10.6 Å². The summed E-state index contributed by atoms with van der Waals surface area (Å²) in [6, 6.07) is 0. The van der Waals surface area contributed by atoms with Crippen molar-refractivity contribution in [1.82, 2.24) is 0 Å². The first-order valence-electron chi connectivity index (χ1n) is 6.14. The first kappa shape index (κ1) is 25.6. The van der Waals surface area contributed by atoms with E-state index in [9.17, 15) is 4.79 Å². The molecular formula is C15H34OS. The van der Waals surface area contributed by atoms with Crippen LogP contribution in [0.25, 0.3) is 0 Å². The van der Waals surface area contributed by atoms with E-state index in [1.165, 1.54) is 13.8 Å². The van der Waals surface area contributed by atoms with E-state index in [1.807, 2.05) is 13.8 Å². The first-order chi connectivity index (χ1) is 7.20. The van der Waals surface area contributed by atoms with E-state index in [2.05, 4.69) is 60.7 Å². The van der Waals surface area contributed by atoms with Crippen LogP contribution in [0.3, 0.4) is 0 Å². The number of Topliss-reactive ketones (excluding diaryl/α,β-unsaturated/α-hetero) is 1. The summed E-state index contributed by atoms with van der Waals surface area (Å²) in [5, 5.41) is 0. The number of thiocarbonyl (C=S) groups is 1. The van der Waals surface area contributed by atoms with E-state index in [0.717, 1.165) is 10.8 Å². The second-order valence-electron chi connectivity index (χ2n) is 6.55. The topological polar surface area (TPSA) is 17.1 Å². The highest BCUT2D eigenvalue weighted by Crippen LogP contribution is 2.08. The van der Waals surface area contributed by atoms with Gasteiger partial charge in [0.05, 0.1) is 0 Å². The molecular weight excluding hydrogens is 228 g/mol. The van der Waals surface area contributed by atoms with Crippen LogP contribution in [-0.2, 0) is 4.79 Å². The van der Waals surface area contributed by atoms with E-state index < -0.39 is 0 Å². The molecule has 0 aromatic rings. The van der Waals surface area contributed by atoms with Gasteiger partial charge in [-0.3, -0.25) is 0 Å². The summed E-state index contributed by atoms with van der Waals surface area (Å²) in [4.78, 5) is 10.4. The molecule has 2 heteroatoms. The second-order valence-corrected chi connectivity index (χ2v) is 7.37. The van der Waals surface area contributed by atoms with E-state index in [-0.39, 0.29) is 5.78 Å². The van der Waals surface area contributed by atoms with Gasteiger partial charge < -0.3 is 4.79 Å². The highest BCUT2D eigenvalue weighted by molar-refractivity contribution is 7.80. The molecule has 0 aliphatic heterocycles. The normalized spacial score (nSPS) is 8.71. The van der Waals surface area contributed by atoms with Gasteiger partial charge in [-0.25, -0.2) is 0 Å². The molecule has 106 valence electrons. The van der Waals surface area contributed by atoms with Crippen molar-refractivity contribution < 1.29 is 4.79 Å². The molecule has 0 bridgehead atoms. The van der Waals surface area contributed by atoms with Crippen molar-refractivity contribution in [2.45, 2.75) is 76.2 Å². The summed E-state index contributed by atoms with van der Waals surface area (Å²) in [7, 11) is 0. The SMILES string of the molecule is CC(C)(C)C.CC(C)=O.CC(C)=S.CC(C)C. The van der Waals surface area contributed by atoms with Crippen LogP contribution in [0, 0.1) is 11.3 Å². The van der Waals surface area contributed by atoms with Gasteiger partial charge in [0, 0.05) is 0 Å². The number of hydrogen-bond acceptors (Lipinski definition) is 2. The maximum Gasteiger partial charge on any atom is 0.126 e. The zero-order chi connectivity index (χ0) is 15.2. The molecule has 0 aliphatic rings. The minimum atomic E-state index is 0.167. The van der Waals surface area contributed by atoms with Crippen LogP contribution < -0.4 is 0 Å². The van der Waals surface area contributed by atoms with Gasteiger partial charge in [-0.05, 0) is 43.9 Å². The van der Waals surface area contributed by atoms with Gasteiger partial charge >= 0.3 is 0 Å². The van der Waals surface area contributed by atoms with Gasteiger partial charge in [0.1, 0.15) is 5.78 Å². The number of hydrogen-bond donors (Lipinski definition) is 0. The molecule has 0 radical (unpaired) electrons. The number of carbonyl (C=O) groups is 1. The predicted octanol–water partition coefficient (Wildman–Crippen LogP) is 5.71. The molecule has 1 nitrogen and oxygen atoms in total. The van der Waals surface area contributed by atoms with Gasteiger partial charge in [-0.15, -0.1) is 0 Å². The zero-order valence-corrected chi connectivity index (χ0v) is 14.7. The minimum absolute atomic E-state index is 0.167. The Kier molecular flexibility index (Phi) is 23.7. The fourth-order valence-corrected chi connectivity index (χ4v) is 0. The molecule has 0 saturated carbocycles. The van der Waals surface area contributed by atoms with Gasteiger partial charge in [0.2, 0.25) is 0 Å². The molecule has 0 heterocycles. The largest absolute Gasteiger partial charge is 0.300 e. The third kappa shape index (κ3) is 51800. The quantitative estimate of drug-likeness (QED) is 0.520. The Morgan fingerprint density at radius 1 is 0.882 bits per heavy atom. The lowest BCUT2D eigenvalue weighted by molar-refractivity contribution is -0.114. The molecule has 0 saturated heterocycles. The van der Waals surface area contributed by atoms with Gasteiger partial charge in [-0.2, -0.15) is 0 Å². The van der Waals surface area contributed by atoms with Gasteiger partial charge in [-0.1, -0.05) is 60.7 Å². The Morgan fingerprint density at radius 2 is 0.882 bits per heavy atom. The molecule has 0 unspecified atom stereocenters. The molecule has 0 fully saturated rings. The number of carbonyl (C=O) groups excluding carboxylic acids is 1. The van der Waals surface area contributed by atoms with Crippen LogP contribution in [0.5, 0.6) is 0 Å². The zero-order valence-electron chi connectivity index (χ0n) is 13.9. The van der Waals surface area contributed by atoms with Crippen molar-refractivity contribution in [2.75, 3.05) is 0 Å². The van der Waals surface area contributed by atoms with Crippen molar-refractivity contribution >= 4 is 22.9 Å². The van der Waals surface area contributed by atoms with Crippen molar-refractivity contribution in [3.8, 4) is 0 Å². The summed E-state index contributed by atoms with van der Waals surface area (Å²) >= 11 is 4.54. The Morgan fingerprint density at radius 3 is 0.882 bits per heavy atom. The van der Waals surface area contributed by atoms with Crippen LogP contribution in [0.15, 0.2) is 0 Å². The molecule has 0 rings (SSSR count). The second kappa shape index (κ2) is 15.8. The van der Waals surface area contributed by atoms with Gasteiger partial charge in [0.15, 0.2) is 0 Å². The predicted molar refractivity (Wildman–Crippen MR) is 85.9 cm³/mol. The van der Waals surface area contributed by atoms with Crippen LogP contribution in [0.1, 0.15) is 76.2 Å². The van der Waals surface area contributed by atoms with E-state index >= 15 is 0 Å². The molecule has 0 amide bonds. The third-order valence-electron chi connectivity index (χ3n) is 0. The fourth-order valence-electron chi connectivity index (χ4n) is 0. The first-order valence-corrected chi connectivity index (χ1v) is 6.55. The summed E-state index contributed by atoms with van der Waals surface area (Å²) in [6.07, 6.45) is 0. The van der Waals surface area contributed by atoms with E-state index in [1.54, 1.807) is 0 Å². The maximum atomic E-state index is 9.44. The minimum Gasteiger partial charge on any atom is -0.300 e. The Balaban J connectivity index is -0.0000000667. The lowest BCUT2D eigenvalue weighted by Gasteiger charge is -2.05. The van der Waals surface area contributed by atoms with E-state index in [4.69, 9.17) is 0 Å². The van der Waals surface area contributed by atoms with Crippen LogP contribution in [0.4, 0.5) is 0 Å². The van der Waals surface area contributed by atoms with Crippen molar-refractivity contribution in [1.29, 1.82) is 0 Å². The number of rotatable bonds is 0. The monoisotopic (exact) mass is 262 g/mol. The Labute approximate surface area is 115 Å². The molecule has 0 N–H and O–H groups in total. The maximum absolute atomic E-state index is 9.44. The molecule has 17 heavy (non-hydrogen) atoms. The molecule has 0 spiro atoms. The van der Waals surface area contributed by atoms with Crippen molar-refractivity contribution in [3.05, 3.63) is 0 Å². The summed E-state index contributed by atoms with van der Waals surface area (Å²) in [5.41, 5.74) is 0.500. The molecule has 0 aromatic carbocycles. The lowest BCUT2D eigenvalue weighted by Crippen LogP contribution is -1.93. The summed E-state index contributed by atoms with van der Waals surface area (Å²) < 4.78 is 0. The smallest absolute Gasteiger partial charge is 0.126 e. The molecule has 0 aliphatic carbocycles. The molecule has 0 atom stereocenters. The van der Waals surface area contributed by atoms with Crippen molar-refractivity contribution in [2.24, 2.45) is 11.3 Å². The summed E-state index contributed by atoms with van der Waals surface area (Å²) in [6.45, 7) is 22.1. The highest BCUT2D eigenvalue weighted by Gasteiger charge is 1.95. The average molecular weight is 263 g/mol. The summed E-state index contributed by atoms with van der Waals surface area (Å²) in [5.74, 6) is 1.00. The van der Waals surface area contributed by atoms with Crippen LogP contribution >= 0.6 is 12.2 Å². The average Bonchev–Trinajstić information content (AvgIpc) is 1.73. The lowest BCUT2D eigenvalue weighted by atomic mass is 10.0.